The molecule has 0 saturated carbocycles. The lowest BCUT2D eigenvalue weighted by Crippen LogP contribution is -2.22. The summed E-state index contributed by atoms with van der Waals surface area (Å²) in [4.78, 5) is 14.5. The van der Waals surface area contributed by atoms with Gasteiger partial charge in [-0.3, -0.25) is 9.97 Å². The van der Waals surface area contributed by atoms with Crippen LogP contribution in [0, 0.1) is 35.4 Å². The van der Waals surface area contributed by atoms with Crippen LogP contribution in [0.4, 0.5) is 26.3 Å². The highest BCUT2D eigenvalue weighted by atomic mass is 19.2. The normalized spacial score (nSPS) is 11.6. The highest BCUT2D eigenvalue weighted by Crippen LogP contribution is 2.33. The monoisotopic (exact) mass is 460 g/mol. The Morgan fingerprint density at radius 1 is 0.545 bits per heavy atom. The lowest BCUT2D eigenvalue weighted by atomic mass is 9.84. The average Bonchev–Trinajstić information content (AvgIpc) is 2.79. The van der Waals surface area contributed by atoms with Crippen LogP contribution in [0.25, 0.3) is 22.5 Å². The Kier molecular flexibility index (Phi) is 5.61. The molecule has 168 valence electrons. The molecule has 10 heteroatoms. The van der Waals surface area contributed by atoms with Gasteiger partial charge in [0, 0.05) is 5.41 Å². The topological polar surface area (TPSA) is 51.6 Å². The smallest absolute Gasteiger partial charge is 0.251 e. The molecule has 0 N–H and O–H groups in total. The van der Waals surface area contributed by atoms with Gasteiger partial charge >= 0.3 is 0 Å². The first-order valence-corrected chi connectivity index (χ1v) is 9.57. The molecule has 0 aliphatic heterocycles. The van der Waals surface area contributed by atoms with Gasteiger partial charge in [-0.15, -0.1) is 0 Å². The minimum Gasteiger partial charge on any atom is -0.252 e. The molecule has 0 atom stereocenters. The van der Waals surface area contributed by atoms with Gasteiger partial charge in [-0.25, -0.2) is 8.78 Å². The van der Waals surface area contributed by atoms with E-state index in [9.17, 15) is 26.3 Å². The summed E-state index contributed by atoms with van der Waals surface area (Å²) in [7, 11) is 0. The summed E-state index contributed by atoms with van der Waals surface area (Å²) in [6.45, 7) is 3.45. The average molecular weight is 460 g/mol. The van der Waals surface area contributed by atoms with Gasteiger partial charge in [0.25, 0.3) is 11.9 Å². The van der Waals surface area contributed by atoms with E-state index < -0.39 is 40.8 Å². The maximum Gasteiger partial charge on any atom is 0.251 e. The predicted molar refractivity (Wildman–Crippen MR) is 107 cm³/mol. The van der Waals surface area contributed by atoms with E-state index in [-0.39, 0.29) is 22.5 Å². The predicted octanol–water partition coefficient (Wildman–Crippen LogP) is 5.76. The van der Waals surface area contributed by atoms with Crippen LogP contribution in [0.1, 0.15) is 25.2 Å². The molecule has 0 radical (unpaired) electrons. The Balaban J connectivity index is 1.77. The molecule has 4 aromatic heterocycles. The Morgan fingerprint density at radius 3 is 1.33 bits per heavy atom. The number of nitrogens with zero attached hydrogens (tertiary/aromatic N) is 4. The van der Waals surface area contributed by atoms with Gasteiger partial charge in [0.1, 0.15) is 0 Å². The minimum atomic E-state index is -1.56. The van der Waals surface area contributed by atoms with Gasteiger partial charge < -0.3 is 0 Å². The van der Waals surface area contributed by atoms with Crippen LogP contribution < -0.4 is 0 Å². The zero-order chi connectivity index (χ0) is 23.9. The highest BCUT2D eigenvalue weighted by Gasteiger charge is 2.28. The van der Waals surface area contributed by atoms with Crippen LogP contribution in [-0.2, 0) is 5.41 Å². The maximum atomic E-state index is 14.1. The molecular formula is C23H14F6N4. The van der Waals surface area contributed by atoms with Crippen molar-refractivity contribution in [1.29, 1.82) is 0 Å². The van der Waals surface area contributed by atoms with Crippen molar-refractivity contribution in [1.82, 2.24) is 19.9 Å². The number of hydrogen-bond acceptors (Lipinski definition) is 4. The number of pyridine rings is 4. The van der Waals surface area contributed by atoms with Crippen LogP contribution >= 0.6 is 0 Å². The maximum absolute atomic E-state index is 14.1. The van der Waals surface area contributed by atoms with E-state index in [1.807, 2.05) is 0 Å². The second-order valence-corrected chi connectivity index (χ2v) is 7.64. The zero-order valence-corrected chi connectivity index (χ0v) is 17.2. The van der Waals surface area contributed by atoms with Gasteiger partial charge in [-0.1, -0.05) is 12.1 Å². The first kappa shape index (κ1) is 22.4. The molecule has 0 unspecified atom stereocenters. The van der Waals surface area contributed by atoms with E-state index in [4.69, 9.17) is 0 Å². The van der Waals surface area contributed by atoms with Gasteiger partial charge in [0.05, 0.1) is 33.9 Å². The Bertz CT molecular complexity index is 1270. The van der Waals surface area contributed by atoms with E-state index in [1.54, 1.807) is 38.1 Å². The molecule has 4 rings (SSSR count). The first-order chi connectivity index (χ1) is 15.6. The molecule has 4 aromatic rings. The summed E-state index contributed by atoms with van der Waals surface area (Å²) in [5, 5.41) is 0. The second-order valence-electron chi connectivity index (χ2n) is 7.64. The zero-order valence-electron chi connectivity index (χ0n) is 17.2. The quantitative estimate of drug-likeness (QED) is 0.287. The van der Waals surface area contributed by atoms with E-state index in [0.717, 1.165) is 0 Å². The van der Waals surface area contributed by atoms with Crippen molar-refractivity contribution in [3.63, 3.8) is 0 Å². The van der Waals surface area contributed by atoms with Gasteiger partial charge in [0.15, 0.2) is 11.6 Å². The summed E-state index contributed by atoms with van der Waals surface area (Å²) < 4.78 is 81.9. The summed E-state index contributed by atoms with van der Waals surface area (Å²) >= 11 is 0. The van der Waals surface area contributed by atoms with Crippen LogP contribution in [0.3, 0.4) is 0 Å². The Labute approximate surface area is 184 Å². The molecule has 0 spiro atoms. The second kappa shape index (κ2) is 8.27. The molecular weight excluding hydrogens is 446 g/mol. The van der Waals surface area contributed by atoms with Crippen molar-refractivity contribution in [3.05, 3.63) is 95.3 Å². The van der Waals surface area contributed by atoms with Gasteiger partial charge in [-0.05, 0) is 50.2 Å². The van der Waals surface area contributed by atoms with Crippen molar-refractivity contribution < 1.29 is 26.3 Å². The summed E-state index contributed by atoms with van der Waals surface area (Å²) in [5.74, 6) is -8.22. The summed E-state index contributed by atoms with van der Waals surface area (Å²) in [5.41, 5.74) is -0.841. The van der Waals surface area contributed by atoms with Crippen LogP contribution in [0.2, 0.25) is 0 Å². The molecule has 33 heavy (non-hydrogen) atoms. The summed E-state index contributed by atoms with van der Waals surface area (Å²) in [6.07, 6.45) is 0. The third kappa shape index (κ3) is 4.15. The fraction of sp³-hybridized carbons (Fsp3) is 0.130. The summed E-state index contributed by atoms with van der Waals surface area (Å²) in [6, 6.07) is 10.5. The SMILES string of the molecule is CC(C)(c1cccc(-c2cc(F)c(F)nc2F)n1)c1cccc(-c2cc(F)c(F)nc2F)n1. The molecule has 0 aromatic carbocycles. The number of hydrogen-bond donors (Lipinski definition) is 0. The third-order valence-electron chi connectivity index (χ3n) is 5.10. The van der Waals surface area contributed by atoms with Crippen LogP contribution in [0.5, 0.6) is 0 Å². The number of aromatic nitrogens is 4. The Hall–Kier alpha value is -3.82. The number of halogens is 6. The third-order valence-corrected chi connectivity index (χ3v) is 5.10. The molecule has 0 saturated heterocycles. The fourth-order valence-corrected chi connectivity index (χ4v) is 3.25. The van der Waals surface area contributed by atoms with Crippen molar-refractivity contribution in [3.8, 4) is 22.5 Å². The largest absolute Gasteiger partial charge is 0.252 e. The van der Waals surface area contributed by atoms with Crippen LogP contribution in [-0.4, -0.2) is 19.9 Å². The van der Waals surface area contributed by atoms with Crippen molar-refractivity contribution in [2.75, 3.05) is 0 Å². The number of rotatable bonds is 4. The van der Waals surface area contributed by atoms with Gasteiger partial charge in [0.2, 0.25) is 11.9 Å². The minimum absolute atomic E-state index is 0.0106. The molecule has 0 aliphatic rings. The standard InChI is InChI=1S/C23H14F6N4/c1-23(2,17-7-3-5-15(30-17)11-9-13(24)21(28)32-19(11)26)18-8-4-6-16(31-18)12-10-14(25)22(29)33-20(12)27/h3-10H,1-2H3. The molecule has 0 fully saturated rings. The molecule has 0 amide bonds. The molecule has 4 heterocycles. The van der Waals surface area contributed by atoms with Gasteiger partial charge in [-0.2, -0.15) is 27.5 Å². The molecule has 4 nitrogen and oxygen atoms in total. The molecule has 0 bridgehead atoms. The van der Waals surface area contributed by atoms with Crippen molar-refractivity contribution >= 4 is 0 Å². The highest BCUT2D eigenvalue weighted by molar-refractivity contribution is 5.60. The van der Waals surface area contributed by atoms with Crippen LogP contribution in [0.15, 0.2) is 48.5 Å². The fourth-order valence-electron chi connectivity index (χ4n) is 3.25. The molecule has 0 aliphatic carbocycles. The van der Waals surface area contributed by atoms with Crippen molar-refractivity contribution in [2.45, 2.75) is 19.3 Å². The van der Waals surface area contributed by atoms with E-state index in [1.165, 1.54) is 12.1 Å². The van der Waals surface area contributed by atoms with E-state index in [2.05, 4.69) is 19.9 Å². The van der Waals surface area contributed by atoms with Crippen molar-refractivity contribution in [2.24, 2.45) is 0 Å². The van der Waals surface area contributed by atoms with E-state index in [0.29, 0.717) is 23.5 Å². The van der Waals surface area contributed by atoms with E-state index >= 15 is 0 Å². The lowest BCUT2D eigenvalue weighted by Gasteiger charge is -2.24. The lowest BCUT2D eigenvalue weighted by molar-refractivity contribution is 0.449. The first-order valence-electron chi connectivity index (χ1n) is 9.57. The Morgan fingerprint density at radius 2 is 0.939 bits per heavy atom.